The summed E-state index contributed by atoms with van der Waals surface area (Å²) >= 11 is 1.37. The predicted molar refractivity (Wildman–Crippen MR) is 71.2 cm³/mol. The second-order valence-corrected chi connectivity index (χ2v) is 5.53. The van der Waals surface area contributed by atoms with Gasteiger partial charge >= 0.3 is 0 Å². The number of anilines is 1. The number of amides is 2. The molecule has 2 heterocycles. The summed E-state index contributed by atoms with van der Waals surface area (Å²) in [4.78, 5) is 25.4. The Morgan fingerprint density at radius 1 is 1.39 bits per heavy atom. The zero-order valence-electron chi connectivity index (χ0n) is 10.1. The van der Waals surface area contributed by atoms with Crippen molar-refractivity contribution in [3.8, 4) is 0 Å². The minimum Gasteiger partial charge on any atom is -0.397 e. The van der Waals surface area contributed by atoms with Crippen molar-refractivity contribution in [1.82, 2.24) is 4.90 Å². The molecule has 6 heteroatoms. The van der Waals surface area contributed by atoms with Crippen molar-refractivity contribution >= 4 is 28.8 Å². The Kier molecular flexibility index (Phi) is 3.86. The minimum absolute atomic E-state index is 0.0000231. The van der Waals surface area contributed by atoms with Gasteiger partial charge in [-0.05, 0) is 30.2 Å². The van der Waals surface area contributed by atoms with Crippen molar-refractivity contribution in [3.05, 3.63) is 16.3 Å². The standard InChI is InChI=1S/C12H17N3O2S/c13-9-3-6-18-11(9)12(17)15-4-1-8(2-5-15)7-10(14)16/h3,6,8H,1-2,4-5,7,13H2,(H2,14,16). The summed E-state index contributed by atoms with van der Waals surface area (Å²) in [7, 11) is 0. The quantitative estimate of drug-likeness (QED) is 0.858. The summed E-state index contributed by atoms with van der Waals surface area (Å²) in [6, 6.07) is 1.75. The molecule has 98 valence electrons. The first-order valence-corrected chi connectivity index (χ1v) is 6.86. The molecule has 0 aromatic carbocycles. The van der Waals surface area contributed by atoms with Gasteiger partial charge in [0.25, 0.3) is 5.91 Å². The van der Waals surface area contributed by atoms with Crippen molar-refractivity contribution in [2.45, 2.75) is 19.3 Å². The van der Waals surface area contributed by atoms with Gasteiger partial charge in [0.05, 0.1) is 5.69 Å². The number of carbonyl (C=O) groups excluding carboxylic acids is 2. The smallest absolute Gasteiger partial charge is 0.266 e. The van der Waals surface area contributed by atoms with E-state index in [1.165, 1.54) is 11.3 Å². The second kappa shape index (κ2) is 5.39. The van der Waals surface area contributed by atoms with E-state index in [4.69, 9.17) is 11.5 Å². The van der Waals surface area contributed by atoms with Crippen molar-refractivity contribution in [2.24, 2.45) is 11.7 Å². The number of hydrogen-bond donors (Lipinski definition) is 2. The molecular formula is C12H17N3O2S. The lowest BCUT2D eigenvalue weighted by Gasteiger charge is -2.31. The van der Waals surface area contributed by atoms with Gasteiger partial charge in [0.1, 0.15) is 4.88 Å². The molecule has 0 unspecified atom stereocenters. The molecule has 1 saturated heterocycles. The fraction of sp³-hybridized carbons (Fsp3) is 0.500. The van der Waals surface area contributed by atoms with Crippen LogP contribution in [0.15, 0.2) is 11.4 Å². The van der Waals surface area contributed by atoms with Crippen LogP contribution < -0.4 is 11.5 Å². The summed E-state index contributed by atoms with van der Waals surface area (Å²) in [5.41, 5.74) is 11.5. The first-order valence-electron chi connectivity index (χ1n) is 5.98. The number of piperidine rings is 1. The summed E-state index contributed by atoms with van der Waals surface area (Å²) in [6.45, 7) is 1.35. The van der Waals surface area contributed by atoms with Gasteiger partial charge < -0.3 is 16.4 Å². The molecule has 5 nitrogen and oxygen atoms in total. The van der Waals surface area contributed by atoms with E-state index in [1.54, 1.807) is 11.0 Å². The average Bonchev–Trinajstić information content (AvgIpc) is 2.75. The van der Waals surface area contributed by atoms with Gasteiger partial charge in [-0.1, -0.05) is 0 Å². The zero-order valence-corrected chi connectivity index (χ0v) is 10.9. The molecule has 1 fully saturated rings. The molecule has 0 spiro atoms. The van der Waals surface area contributed by atoms with Gasteiger partial charge in [0, 0.05) is 19.5 Å². The Labute approximate surface area is 110 Å². The zero-order chi connectivity index (χ0) is 13.1. The molecule has 2 rings (SSSR count). The van der Waals surface area contributed by atoms with Crippen LogP contribution in [0, 0.1) is 5.92 Å². The molecule has 0 atom stereocenters. The van der Waals surface area contributed by atoms with E-state index in [-0.39, 0.29) is 11.8 Å². The number of nitrogen functional groups attached to an aromatic ring is 1. The third-order valence-corrected chi connectivity index (χ3v) is 4.20. The topological polar surface area (TPSA) is 89.4 Å². The monoisotopic (exact) mass is 267 g/mol. The highest BCUT2D eigenvalue weighted by molar-refractivity contribution is 7.12. The number of hydrogen-bond acceptors (Lipinski definition) is 4. The van der Waals surface area contributed by atoms with Crippen molar-refractivity contribution in [2.75, 3.05) is 18.8 Å². The highest BCUT2D eigenvalue weighted by Crippen LogP contribution is 2.25. The third kappa shape index (κ3) is 2.81. The molecule has 0 bridgehead atoms. The van der Waals surface area contributed by atoms with Crippen LogP contribution in [0.25, 0.3) is 0 Å². The van der Waals surface area contributed by atoms with Gasteiger partial charge in [-0.2, -0.15) is 0 Å². The Morgan fingerprint density at radius 2 is 2.06 bits per heavy atom. The van der Waals surface area contributed by atoms with E-state index in [0.717, 1.165) is 12.8 Å². The molecule has 1 aliphatic heterocycles. The van der Waals surface area contributed by atoms with E-state index >= 15 is 0 Å². The number of carbonyl (C=O) groups is 2. The fourth-order valence-corrected chi connectivity index (χ4v) is 3.05. The van der Waals surface area contributed by atoms with Crippen LogP contribution in [0.2, 0.25) is 0 Å². The number of primary amides is 1. The molecule has 0 aliphatic carbocycles. The van der Waals surface area contributed by atoms with Crippen molar-refractivity contribution in [1.29, 1.82) is 0 Å². The molecule has 1 aromatic rings. The van der Waals surface area contributed by atoms with Crippen LogP contribution in [0.5, 0.6) is 0 Å². The van der Waals surface area contributed by atoms with E-state index in [0.29, 0.717) is 36.0 Å². The largest absolute Gasteiger partial charge is 0.397 e. The van der Waals surface area contributed by atoms with E-state index in [1.807, 2.05) is 5.38 Å². The van der Waals surface area contributed by atoms with Gasteiger partial charge in [-0.3, -0.25) is 9.59 Å². The molecule has 2 amide bonds. The molecule has 1 aromatic heterocycles. The van der Waals surface area contributed by atoms with Crippen LogP contribution in [0.4, 0.5) is 5.69 Å². The predicted octanol–water partition coefficient (Wildman–Crippen LogP) is 1.06. The number of likely N-dealkylation sites (tertiary alicyclic amines) is 1. The molecule has 0 saturated carbocycles. The summed E-state index contributed by atoms with van der Waals surface area (Å²) in [5.74, 6) is 0.0505. The van der Waals surface area contributed by atoms with E-state index in [2.05, 4.69) is 0 Å². The molecule has 0 radical (unpaired) electrons. The lowest BCUT2D eigenvalue weighted by atomic mass is 9.93. The highest BCUT2D eigenvalue weighted by Gasteiger charge is 2.25. The summed E-state index contributed by atoms with van der Waals surface area (Å²) in [5, 5.41) is 1.82. The Hall–Kier alpha value is -1.56. The lowest BCUT2D eigenvalue weighted by molar-refractivity contribution is -0.119. The van der Waals surface area contributed by atoms with Gasteiger partial charge in [0.2, 0.25) is 5.91 Å². The van der Waals surface area contributed by atoms with Gasteiger partial charge in [-0.15, -0.1) is 11.3 Å². The van der Waals surface area contributed by atoms with Crippen molar-refractivity contribution < 1.29 is 9.59 Å². The molecule has 18 heavy (non-hydrogen) atoms. The maximum atomic E-state index is 12.2. The Bertz CT molecular complexity index is 450. The highest BCUT2D eigenvalue weighted by atomic mass is 32.1. The summed E-state index contributed by atoms with van der Waals surface area (Å²) < 4.78 is 0. The average molecular weight is 267 g/mol. The minimum atomic E-state index is -0.262. The lowest BCUT2D eigenvalue weighted by Crippen LogP contribution is -2.39. The number of nitrogens with zero attached hydrogens (tertiary/aromatic N) is 1. The summed E-state index contributed by atoms with van der Waals surface area (Å²) in [6.07, 6.45) is 2.09. The van der Waals surface area contributed by atoms with Crippen LogP contribution in [0.3, 0.4) is 0 Å². The first-order chi connectivity index (χ1) is 8.58. The van der Waals surface area contributed by atoms with Crippen LogP contribution >= 0.6 is 11.3 Å². The van der Waals surface area contributed by atoms with Gasteiger partial charge in [-0.25, -0.2) is 0 Å². The van der Waals surface area contributed by atoms with E-state index in [9.17, 15) is 9.59 Å². The Balaban J connectivity index is 1.92. The van der Waals surface area contributed by atoms with Crippen LogP contribution in [0.1, 0.15) is 28.9 Å². The number of thiophene rings is 1. The normalized spacial score (nSPS) is 16.8. The SMILES string of the molecule is NC(=O)CC1CCN(C(=O)c2sccc2N)CC1. The van der Waals surface area contributed by atoms with Crippen LogP contribution in [-0.4, -0.2) is 29.8 Å². The molecular weight excluding hydrogens is 250 g/mol. The third-order valence-electron chi connectivity index (χ3n) is 3.28. The molecule has 1 aliphatic rings. The van der Waals surface area contributed by atoms with Gasteiger partial charge in [0.15, 0.2) is 0 Å². The molecule has 4 N–H and O–H groups in total. The fourth-order valence-electron chi connectivity index (χ4n) is 2.26. The first kappa shape index (κ1) is 12.9. The second-order valence-electron chi connectivity index (χ2n) is 4.61. The Morgan fingerprint density at radius 3 is 2.56 bits per heavy atom. The number of nitrogens with two attached hydrogens (primary N) is 2. The van der Waals surface area contributed by atoms with E-state index < -0.39 is 0 Å². The number of rotatable bonds is 3. The maximum absolute atomic E-state index is 12.2. The van der Waals surface area contributed by atoms with Crippen LogP contribution in [-0.2, 0) is 4.79 Å². The maximum Gasteiger partial charge on any atom is 0.266 e. The van der Waals surface area contributed by atoms with Crippen molar-refractivity contribution in [3.63, 3.8) is 0 Å².